The molecule has 0 aliphatic carbocycles. The minimum Gasteiger partial charge on any atom is -0.497 e. The fourth-order valence-electron chi connectivity index (χ4n) is 3.11. The molecule has 1 saturated heterocycles. The second-order valence-electron chi connectivity index (χ2n) is 6.27. The number of hydrogen-bond acceptors (Lipinski definition) is 5. The predicted molar refractivity (Wildman–Crippen MR) is 109 cm³/mol. The van der Waals surface area contributed by atoms with Gasteiger partial charge in [0.05, 0.1) is 20.3 Å². The number of thiocarbonyl (C=S) groups is 1. The number of amides is 1. The summed E-state index contributed by atoms with van der Waals surface area (Å²) in [7, 11) is 3.32. The maximum absolute atomic E-state index is 11.9. The molecular weight excluding hydrogens is 366 g/mol. The Balaban J connectivity index is 1.99. The average Bonchev–Trinajstić information content (AvgIpc) is 2.69. The number of rotatable bonds is 7. The van der Waals surface area contributed by atoms with Gasteiger partial charge in [-0.3, -0.25) is 0 Å². The third-order valence-corrected chi connectivity index (χ3v) is 4.89. The van der Waals surface area contributed by atoms with Crippen LogP contribution in [0.25, 0.3) is 0 Å². The fraction of sp³-hybridized carbons (Fsp3) is 0.579. The average molecular weight is 396 g/mol. The lowest BCUT2D eigenvalue weighted by Crippen LogP contribution is -2.50. The summed E-state index contributed by atoms with van der Waals surface area (Å²) in [5.74, 6) is 0.772. The van der Waals surface area contributed by atoms with Gasteiger partial charge in [0.15, 0.2) is 5.11 Å². The van der Waals surface area contributed by atoms with Gasteiger partial charge in [-0.25, -0.2) is 4.79 Å². The Kier molecular flexibility index (Phi) is 8.60. The van der Waals surface area contributed by atoms with Gasteiger partial charge < -0.3 is 29.3 Å². The number of piperidine rings is 1. The number of anilines is 1. The molecule has 0 unspecified atom stereocenters. The SMILES string of the molecule is CCOC(=O)N1CCC(N(CCOC)C(=S)Nc2cccc(OC)c2)CC1. The van der Waals surface area contributed by atoms with E-state index in [1.165, 1.54) is 0 Å². The van der Waals surface area contributed by atoms with E-state index < -0.39 is 0 Å². The third kappa shape index (κ3) is 6.25. The summed E-state index contributed by atoms with van der Waals surface area (Å²) >= 11 is 5.67. The molecule has 1 N–H and O–H groups in total. The summed E-state index contributed by atoms with van der Waals surface area (Å²) in [6.07, 6.45) is 1.43. The first-order valence-electron chi connectivity index (χ1n) is 9.21. The number of likely N-dealkylation sites (tertiary alicyclic amines) is 1. The molecule has 0 spiro atoms. The van der Waals surface area contributed by atoms with Crippen molar-refractivity contribution in [2.24, 2.45) is 0 Å². The number of ether oxygens (including phenoxy) is 3. The van der Waals surface area contributed by atoms with Crippen LogP contribution in [0.4, 0.5) is 10.5 Å². The molecule has 0 radical (unpaired) electrons. The monoisotopic (exact) mass is 395 g/mol. The summed E-state index contributed by atoms with van der Waals surface area (Å²) in [6, 6.07) is 7.91. The summed E-state index contributed by atoms with van der Waals surface area (Å²) in [5.41, 5.74) is 0.880. The van der Waals surface area contributed by atoms with Crippen LogP contribution in [0.15, 0.2) is 24.3 Å². The lowest BCUT2D eigenvalue weighted by atomic mass is 10.0. The number of nitrogens with zero attached hydrogens (tertiary/aromatic N) is 2. The van der Waals surface area contributed by atoms with Gasteiger partial charge in [0.25, 0.3) is 0 Å². The van der Waals surface area contributed by atoms with Crippen molar-refractivity contribution in [1.29, 1.82) is 0 Å². The Labute approximate surface area is 166 Å². The van der Waals surface area contributed by atoms with E-state index in [-0.39, 0.29) is 12.1 Å². The van der Waals surface area contributed by atoms with Crippen molar-refractivity contribution in [1.82, 2.24) is 9.80 Å². The lowest BCUT2D eigenvalue weighted by molar-refractivity contribution is 0.0829. The van der Waals surface area contributed by atoms with Gasteiger partial charge in [-0.1, -0.05) is 6.07 Å². The summed E-state index contributed by atoms with van der Waals surface area (Å²) in [5, 5.41) is 3.94. The summed E-state index contributed by atoms with van der Waals surface area (Å²) < 4.78 is 15.6. The molecule has 8 heteroatoms. The Hall–Kier alpha value is -2.06. The van der Waals surface area contributed by atoms with E-state index in [1.807, 2.05) is 31.2 Å². The van der Waals surface area contributed by atoms with Gasteiger partial charge in [0.1, 0.15) is 5.75 Å². The second-order valence-corrected chi connectivity index (χ2v) is 6.65. The second kappa shape index (κ2) is 10.9. The van der Waals surface area contributed by atoms with Crippen LogP contribution in [-0.4, -0.2) is 74.1 Å². The Morgan fingerprint density at radius 2 is 2.07 bits per heavy atom. The largest absolute Gasteiger partial charge is 0.497 e. The van der Waals surface area contributed by atoms with Crippen molar-refractivity contribution < 1.29 is 19.0 Å². The predicted octanol–water partition coefficient (Wildman–Crippen LogP) is 2.96. The zero-order valence-electron chi connectivity index (χ0n) is 16.3. The normalized spacial score (nSPS) is 14.6. The molecule has 0 saturated carbocycles. The van der Waals surface area contributed by atoms with E-state index in [0.717, 1.165) is 24.3 Å². The number of carbonyl (C=O) groups is 1. The maximum Gasteiger partial charge on any atom is 0.409 e. The van der Waals surface area contributed by atoms with Crippen molar-refractivity contribution >= 4 is 29.1 Å². The molecule has 2 rings (SSSR count). The van der Waals surface area contributed by atoms with Crippen molar-refractivity contribution in [2.75, 3.05) is 52.4 Å². The van der Waals surface area contributed by atoms with E-state index in [2.05, 4.69) is 10.2 Å². The number of methoxy groups -OCH3 is 2. The van der Waals surface area contributed by atoms with Crippen LogP contribution in [0.2, 0.25) is 0 Å². The zero-order chi connectivity index (χ0) is 19.6. The highest BCUT2D eigenvalue weighted by Crippen LogP contribution is 2.21. The van der Waals surface area contributed by atoms with Crippen molar-refractivity contribution in [3.05, 3.63) is 24.3 Å². The highest BCUT2D eigenvalue weighted by Gasteiger charge is 2.28. The van der Waals surface area contributed by atoms with Crippen LogP contribution in [-0.2, 0) is 9.47 Å². The minimum atomic E-state index is -0.239. The number of hydrogen-bond donors (Lipinski definition) is 1. The van der Waals surface area contributed by atoms with E-state index in [0.29, 0.717) is 38.0 Å². The first-order chi connectivity index (χ1) is 13.1. The van der Waals surface area contributed by atoms with E-state index in [4.69, 9.17) is 26.4 Å². The number of benzene rings is 1. The molecule has 0 aromatic heterocycles. The molecule has 1 heterocycles. The highest BCUT2D eigenvalue weighted by atomic mass is 32.1. The van der Waals surface area contributed by atoms with Crippen molar-refractivity contribution in [3.63, 3.8) is 0 Å². The van der Waals surface area contributed by atoms with Crippen LogP contribution in [0.3, 0.4) is 0 Å². The smallest absolute Gasteiger partial charge is 0.409 e. The molecule has 0 bridgehead atoms. The van der Waals surface area contributed by atoms with E-state index in [1.54, 1.807) is 19.1 Å². The lowest BCUT2D eigenvalue weighted by Gasteiger charge is -2.39. The van der Waals surface area contributed by atoms with Gasteiger partial charge >= 0.3 is 6.09 Å². The molecule has 1 aromatic carbocycles. The molecule has 1 fully saturated rings. The number of nitrogens with one attached hydrogen (secondary N) is 1. The maximum atomic E-state index is 11.9. The fourth-order valence-corrected chi connectivity index (χ4v) is 3.47. The van der Waals surface area contributed by atoms with E-state index >= 15 is 0 Å². The Morgan fingerprint density at radius 1 is 1.33 bits per heavy atom. The van der Waals surface area contributed by atoms with Gasteiger partial charge in [-0.05, 0) is 44.1 Å². The Morgan fingerprint density at radius 3 is 2.70 bits per heavy atom. The van der Waals surface area contributed by atoms with Gasteiger partial charge in [-0.2, -0.15) is 0 Å². The quantitative estimate of drug-likeness (QED) is 0.712. The van der Waals surface area contributed by atoms with E-state index in [9.17, 15) is 4.79 Å². The van der Waals surface area contributed by atoms with Crippen molar-refractivity contribution in [2.45, 2.75) is 25.8 Å². The standard InChI is InChI=1S/C19H29N3O4S/c1-4-26-19(23)21-10-8-16(9-11-21)22(12-13-24-2)18(27)20-15-6-5-7-17(14-15)25-3/h5-7,14,16H,4,8-13H2,1-3H3,(H,20,27). The molecular formula is C19H29N3O4S. The molecule has 0 atom stereocenters. The van der Waals surface area contributed by atoms with Crippen LogP contribution < -0.4 is 10.1 Å². The van der Waals surface area contributed by atoms with Crippen molar-refractivity contribution in [3.8, 4) is 5.75 Å². The van der Waals surface area contributed by atoms with Crippen LogP contribution in [0.1, 0.15) is 19.8 Å². The summed E-state index contributed by atoms with van der Waals surface area (Å²) in [6.45, 7) is 4.81. The molecule has 7 nitrogen and oxygen atoms in total. The molecule has 150 valence electrons. The zero-order valence-corrected chi connectivity index (χ0v) is 17.1. The van der Waals surface area contributed by atoms with Gasteiger partial charge in [-0.15, -0.1) is 0 Å². The molecule has 1 aliphatic heterocycles. The van der Waals surface area contributed by atoms with Crippen LogP contribution in [0, 0.1) is 0 Å². The first kappa shape index (κ1) is 21.2. The topological polar surface area (TPSA) is 63.3 Å². The van der Waals surface area contributed by atoms with Crippen LogP contribution >= 0.6 is 12.2 Å². The third-order valence-electron chi connectivity index (χ3n) is 4.55. The van der Waals surface area contributed by atoms with Gasteiger partial charge in [0.2, 0.25) is 0 Å². The minimum absolute atomic E-state index is 0.239. The summed E-state index contributed by atoms with van der Waals surface area (Å²) in [4.78, 5) is 15.8. The molecule has 1 amide bonds. The molecule has 1 aliphatic rings. The van der Waals surface area contributed by atoms with Gasteiger partial charge in [0, 0.05) is 44.5 Å². The number of carbonyl (C=O) groups excluding carboxylic acids is 1. The molecule has 27 heavy (non-hydrogen) atoms. The molecule has 1 aromatic rings. The van der Waals surface area contributed by atoms with Crippen LogP contribution in [0.5, 0.6) is 5.75 Å². The first-order valence-corrected chi connectivity index (χ1v) is 9.62. The highest BCUT2D eigenvalue weighted by molar-refractivity contribution is 7.80. The Bertz CT molecular complexity index is 621.